The standard InChI is InChI=1S/C17H23FN4O2/c1-2-8-19-17(21-14-12-13(18)6-7-15(14)23)20-9-4-11-22-10-3-5-16(22)24/h2,6-7,12,23H,1,3-5,8-11H2,(H2,19,20,21). The number of guanidine groups is 1. The molecule has 1 fully saturated rings. The Morgan fingerprint density at radius 2 is 2.33 bits per heavy atom. The molecule has 1 aromatic rings. The van der Waals surface area contributed by atoms with Gasteiger partial charge in [-0.05, 0) is 25.0 Å². The minimum Gasteiger partial charge on any atom is -0.506 e. The lowest BCUT2D eigenvalue weighted by molar-refractivity contribution is -0.127. The second-order valence-electron chi connectivity index (χ2n) is 5.52. The molecule has 1 saturated heterocycles. The summed E-state index contributed by atoms with van der Waals surface area (Å²) in [6.45, 7) is 6.12. The van der Waals surface area contributed by atoms with Gasteiger partial charge in [0.1, 0.15) is 11.6 Å². The molecule has 0 aromatic heterocycles. The fourth-order valence-electron chi connectivity index (χ4n) is 2.44. The number of aromatic hydroxyl groups is 1. The monoisotopic (exact) mass is 334 g/mol. The number of carbonyl (C=O) groups excluding carboxylic acids is 1. The summed E-state index contributed by atoms with van der Waals surface area (Å²) >= 11 is 0. The lowest BCUT2D eigenvalue weighted by Gasteiger charge is -2.15. The van der Waals surface area contributed by atoms with Crippen LogP contribution in [0, 0.1) is 5.82 Å². The smallest absolute Gasteiger partial charge is 0.222 e. The third kappa shape index (κ3) is 5.26. The molecule has 1 heterocycles. The lowest BCUT2D eigenvalue weighted by Crippen LogP contribution is -2.31. The van der Waals surface area contributed by atoms with Crippen molar-refractivity contribution < 1.29 is 14.3 Å². The summed E-state index contributed by atoms with van der Waals surface area (Å²) in [7, 11) is 0. The summed E-state index contributed by atoms with van der Waals surface area (Å²) in [6.07, 6.45) is 3.97. The molecule has 1 amide bonds. The minimum absolute atomic E-state index is 0.0628. The van der Waals surface area contributed by atoms with Gasteiger partial charge in [0.25, 0.3) is 0 Å². The molecule has 7 heteroatoms. The van der Waals surface area contributed by atoms with E-state index in [-0.39, 0.29) is 17.3 Å². The van der Waals surface area contributed by atoms with Gasteiger partial charge in [0.05, 0.1) is 5.69 Å². The normalized spacial score (nSPS) is 14.8. The highest BCUT2D eigenvalue weighted by Gasteiger charge is 2.18. The SMILES string of the molecule is C=CCNC(=NCCCN1CCCC1=O)Nc1cc(F)ccc1O. The first-order valence-corrected chi connectivity index (χ1v) is 8.02. The number of carbonyl (C=O) groups is 1. The molecule has 0 unspecified atom stereocenters. The number of phenols is 1. The first kappa shape index (κ1) is 17.8. The number of halogens is 1. The van der Waals surface area contributed by atoms with Gasteiger partial charge in [0.15, 0.2) is 5.96 Å². The number of phenolic OH excluding ortho intramolecular Hbond substituents is 1. The third-order valence-electron chi connectivity index (χ3n) is 3.65. The van der Waals surface area contributed by atoms with Gasteiger partial charge in [0.2, 0.25) is 5.91 Å². The number of rotatable bonds is 7. The Morgan fingerprint density at radius 3 is 3.04 bits per heavy atom. The number of likely N-dealkylation sites (tertiary alicyclic amines) is 1. The van der Waals surface area contributed by atoms with Crippen molar-refractivity contribution in [2.45, 2.75) is 19.3 Å². The molecule has 1 aromatic carbocycles. The van der Waals surface area contributed by atoms with Crippen LogP contribution in [0.4, 0.5) is 10.1 Å². The van der Waals surface area contributed by atoms with Crippen LogP contribution in [0.3, 0.4) is 0 Å². The number of nitrogens with zero attached hydrogens (tertiary/aromatic N) is 2. The predicted octanol–water partition coefficient (Wildman–Crippen LogP) is 2.09. The van der Waals surface area contributed by atoms with Crippen molar-refractivity contribution in [2.24, 2.45) is 4.99 Å². The fourth-order valence-corrected chi connectivity index (χ4v) is 2.44. The van der Waals surface area contributed by atoms with E-state index >= 15 is 0 Å². The van der Waals surface area contributed by atoms with Crippen molar-refractivity contribution in [3.05, 3.63) is 36.7 Å². The second kappa shape index (κ2) is 8.90. The van der Waals surface area contributed by atoms with E-state index in [9.17, 15) is 14.3 Å². The van der Waals surface area contributed by atoms with Gasteiger partial charge in [-0.2, -0.15) is 0 Å². The average Bonchev–Trinajstić information content (AvgIpc) is 2.97. The van der Waals surface area contributed by atoms with Crippen molar-refractivity contribution >= 4 is 17.6 Å². The molecule has 0 atom stereocenters. The largest absolute Gasteiger partial charge is 0.506 e. The molecule has 1 aliphatic heterocycles. The fraction of sp³-hybridized carbons (Fsp3) is 0.412. The number of amides is 1. The van der Waals surface area contributed by atoms with Gasteiger partial charge < -0.3 is 20.6 Å². The van der Waals surface area contributed by atoms with Crippen LogP contribution in [0.1, 0.15) is 19.3 Å². The third-order valence-corrected chi connectivity index (χ3v) is 3.65. The zero-order valence-electron chi connectivity index (χ0n) is 13.6. The first-order chi connectivity index (χ1) is 11.6. The summed E-state index contributed by atoms with van der Waals surface area (Å²) in [6, 6.07) is 3.66. The number of hydrogen-bond acceptors (Lipinski definition) is 3. The van der Waals surface area contributed by atoms with E-state index in [0.717, 1.165) is 19.4 Å². The van der Waals surface area contributed by atoms with Crippen molar-refractivity contribution in [2.75, 3.05) is 31.5 Å². The van der Waals surface area contributed by atoms with Gasteiger partial charge in [-0.3, -0.25) is 9.79 Å². The Hall–Kier alpha value is -2.57. The summed E-state index contributed by atoms with van der Waals surface area (Å²) in [5, 5.41) is 15.7. The molecule has 0 radical (unpaired) electrons. The Labute approximate surface area is 141 Å². The molecule has 2 rings (SSSR count). The Kier molecular flexibility index (Phi) is 6.60. The highest BCUT2D eigenvalue weighted by Crippen LogP contribution is 2.23. The van der Waals surface area contributed by atoms with E-state index in [0.29, 0.717) is 32.0 Å². The quantitative estimate of drug-likeness (QED) is 0.235. The molecule has 130 valence electrons. The van der Waals surface area contributed by atoms with Gasteiger partial charge in [-0.15, -0.1) is 6.58 Å². The van der Waals surface area contributed by atoms with Gasteiger partial charge in [0, 0.05) is 38.7 Å². The van der Waals surface area contributed by atoms with E-state index in [1.165, 1.54) is 18.2 Å². The van der Waals surface area contributed by atoms with Crippen LogP contribution in [0.25, 0.3) is 0 Å². The van der Waals surface area contributed by atoms with Crippen LogP contribution in [0.5, 0.6) is 5.75 Å². The molecule has 0 saturated carbocycles. The molecular weight excluding hydrogens is 311 g/mol. The van der Waals surface area contributed by atoms with Crippen LogP contribution in [-0.4, -0.2) is 48.1 Å². The highest BCUT2D eigenvalue weighted by molar-refractivity contribution is 5.95. The maximum absolute atomic E-state index is 13.3. The maximum Gasteiger partial charge on any atom is 0.222 e. The van der Waals surface area contributed by atoms with Crippen molar-refractivity contribution in [1.29, 1.82) is 0 Å². The van der Waals surface area contributed by atoms with Gasteiger partial charge >= 0.3 is 0 Å². The summed E-state index contributed by atoms with van der Waals surface area (Å²) in [4.78, 5) is 17.8. The van der Waals surface area contributed by atoms with Crippen molar-refractivity contribution in [3.63, 3.8) is 0 Å². The molecular formula is C17H23FN4O2. The maximum atomic E-state index is 13.3. The Bertz CT molecular complexity index is 619. The van der Waals surface area contributed by atoms with E-state index in [2.05, 4.69) is 22.2 Å². The Balaban J connectivity index is 1.92. The van der Waals surface area contributed by atoms with E-state index in [4.69, 9.17) is 0 Å². The Morgan fingerprint density at radius 1 is 1.50 bits per heavy atom. The topological polar surface area (TPSA) is 77.0 Å². The molecule has 0 spiro atoms. The minimum atomic E-state index is -0.453. The zero-order valence-corrected chi connectivity index (χ0v) is 13.6. The van der Waals surface area contributed by atoms with Crippen LogP contribution in [0.15, 0.2) is 35.8 Å². The molecule has 3 N–H and O–H groups in total. The number of nitrogens with one attached hydrogen (secondary N) is 2. The number of benzene rings is 1. The number of hydrogen-bond donors (Lipinski definition) is 3. The molecule has 1 aliphatic rings. The molecule has 6 nitrogen and oxygen atoms in total. The number of anilines is 1. The molecule has 0 bridgehead atoms. The molecule has 24 heavy (non-hydrogen) atoms. The summed E-state index contributed by atoms with van der Waals surface area (Å²) in [5.41, 5.74) is 0.236. The van der Waals surface area contributed by atoms with Crippen molar-refractivity contribution in [3.8, 4) is 5.75 Å². The van der Waals surface area contributed by atoms with E-state index in [1.54, 1.807) is 6.08 Å². The first-order valence-electron chi connectivity index (χ1n) is 8.02. The average molecular weight is 334 g/mol. The van der Waals surface area contributed by atoms with Crippen LogP contribution >= 0.6 is 0 Å². The number of aliphatic imine (C=N–C) groups is 1. The van der Waals surface area contributed by atoms with Crippen LogP contribution in [0.2, 0.25) is 0 Å². The van der Waals surface area contributed by atoms with Crippen LogP contribution < -0.4 is 10.6 Å². The highest BCUT2D eigenvalue weighted by atomic mass is 19.1. The van der Waals surface area contributed by atoms with Gasteiger partial charge in [-0.25, -0.2) is 4.39 Å². The summed E-state index contributed by atoms with van der Waals surface area (Å²) < 4.78 is 13.3. The second-order valence-corrected chi connectivity index (χ2v) is 5.52. The zero-order chi connectivity index (χ0) is 17.4. The van der Waals surface area contributed by atoms with Crippen LogP contribution in [-0.2, 0) is 4.79 Å². The van der Waals surface area contributed by atoms with E-state index in [1.807, 2.05) is 4.90 Å². The van der Waals surface area contributed by atoms with E-state index < -0.39 is 5.82 Å². The van der Waals surface area contributed by atoms with Gasteiger partial charge in [-0.1, -0.05) is 6.08 Å². The lowest BCUT2D eigenvalue weighted by atomic mass is 10.3. The summed E-state index contributed by atoms with van der Waals surface area (Å²) in [5.74, 6) is 0.105. The predicted molar refractivity (Wildman–Crippen MR) is 92.6 cm³/mol. The molecule has 0 aliphatic carbocycles. The van der Waals surface area contributed by atoms with Crippen molar-refractivity contribution in [1.82, 2.24) is 10.2 Å².